The number of ether oxygens (including phenoxy) is 2. The molecule has 0 heterocycles. The van der Waals surface area contributed by atoms with Gasteiger partial charge in [-0.05, 0) is 47.5 Å². The molecule has 164 valence electrons. The fourth-order valence-electron chi connectivity index (χ4n) is 2.55. The summed E-state index contributed by atoms with van der Waals surface area (Å²) in [6, 6.07) is 14.9. The van der Waals surface area contributed by atoms with Crippen molar-refractivity contribution in [3.8, 4) is 11.5 Å². The summed E-state index contributed by atoms with van der Waals surface area (Å²) in [5, 5.41) is 2.56. The fourth-order valence-corrected chi connectivity index (χ4v) is 2.75. The van der Waals surface area contributed by atoms with Gasteiger partial charge in [0.25, 0.3) is 5.17 Å². The quantitative estimate of drug-likeness (QED) is 0.466. The van der Waals surface area contributed by atoms with E-state index in [0.717, 1.165) is 5.69 Å². The molecule has 30 heavy (non-hydrogen) atoms. The number of hydrogen-bond acceptors (Lipinski definition) is 4. The zero-order valence-corrected chi connectivity index (χ0v) is 18.4. The van der Waals surface area contributed by atoms with Crippen molar-refractivity contribution < 1.29 is 22.6 Å². The van der Waals surface area contributed by atoms with Crippen molar-refractivity contribution in [2.24, 2.45) is 0 Å². The van der Waals surface area contributed by atoms with Gasteiger partial charge in [0.1, 0.15) is 18.1 Å². The van der Waals surface area contributed by atoms with Gasteiger partial charge in [-0.2, -0.15) is 13.2 Å². The second-order valence-corrected chi connectivity index (χ2v) is 8.19. The molecular formula is C22H27F3N2O2S. The summed E-state index contributed by atoms with van der Waals surface area (Å²) in [7, 11) is 1.77. The van der Waals surface area contributed by atoms with Gasteiger partial charge < -0.3 is 19.7 Å². The van der Waals surface area contributed by atoms with Crippen LogP contribution in [0, 0.1) is 0 Å². The van der Waals surface area contributed by atoms with Crippen molar-refractivity contribution in [3.63, 3.8) is 0 Å². The Bertz CT molecular complexity index is 834. The first-order chi connectivity index (χ1) is 14.0. The fraction of sp³-hybridized carbons (Fsp3) is 0.409. The third kappa shape index (κ3) is 7.84. The minimum atomic E-state index is -4.23. The molecule has 0 aliphatic heterocycles. The first-order valence-corrected chi connectivity index (χ1v) is 9.93. The van der Waals surface area contributed by atoms with Gasteiger partial charge in [-0.15, -0.1) is 0 Å². The van der Waals surface area contributed by atoms with Crippen LogP contribution in [-0.4, -0.2) is 38.1 Å². The number of anilines is 1. The van der Waals surface area contributed by atoms with Crippen LogP contribution in [-0.2, 0) is 5.41 Å². The number of nitrogens with one attached hydrogen (secondary N) is 1. The zero-order chi connectivity index (χ0) is 22.4. The normalized spacial score (nSPS) is 11.8. The highest BCUT2D eigenvalue weighted by Crippen LogP contribution is 2.25. The van der Waals surface area contributed by atoms with E-state index in [1.807, 2.05) is 30.3 Å². The Balaban J connectivity index is 1.90. The molecule has 0 saturated heterocycles. The molecule has 0 atom stereocenters. The molecule has 0 aliphatic rings. The molecule has 1 N–H and O–H groups in total. The Labute approximate surface area is 181 Å². The average Bonchev–Trinajstić information content (AvgIpc) is 2.66. The first-order valence-electron chi connectivity index (χ1n) is 9.52. The van der Waals surface area contributed by atoms with Crippen molar-refractivity contribution in [1.82, 2.24) is 5.32 Å². The van der Waals surface area contributed by atoms with E-state index in [0.29, 0.717) is 11.5 Å². The molecule has 2 rings (SSSR count). The van der Waals surface area contributed by atoms with Crippen molar-refractivity contribution in [1.29, 1.82) is 0 Å². The Morgan fingerprint density at radius 1 is 1.03 bits per heavy atom. The predicted octanol–water partition coefficient (Wildman–Crippen LogP) is 5.31. The van der Waals surface area contributed by atoms with E-state index in [4.69, 9.17) is 21.7 Å². The summed E-state index contributed by atoms with van der Waals surface area (Å²) in [5.74, 6) is 1.17. The van der Waals surface area contributed by atoms with Crippen LogP contribution in [0.5, 0.6) is 11.5 Å². The zero-order valence-electron chi connectivity index (χ0n) is 17.5. The number of halogens is 3. The lowest BCUT2D eigenvalue weighted by Crippen LogP contribution is -2.31. The second-order valence-electron chi connectivity index (χ2n) is 7.84. The van der Waals surface area contributed by atoms with Crippen LogP contribution in [0.4, 0.5) is 18.9 Å². The lowest BCUT2D eigenvalue weighted by molar-refractivity contribution is -0.124. The molecule has 4 nitrogen and oxygen atoms in total. The smallest absolute Gasteiger partial charge is 0.401 e. The third-order valence-corrected chi connectivity index (χ3v) is 4.63. The van der Waals surface area contributed by atoms with Crippen LogP contribution in [0.1, 0.15) is 26.3 Å². The number of hydrogen-bond donors (Lipinski definition) is 1. The molecule has 2 aromatic rings. The lowest BCUT2D eigenvalue weighted by atomic mass is 9.87. The highest BCUT2D eigenvalue weighted by atomic mass is 32.1. The molecule has 8 heteroatoms. The van der Waals surface area contributed by atoms with E-state index >= 15 is 0 Å². The molecule has 2 aromatic carbocycles. The van der Waals surface area contributed by atoms with Gasteiger partial charge in [-0.3, -0.25) is 0 Å². The highest BCUT2D eigenvalue weighted by molar-refractivity contribution is 7.80. The van der Waals surface area contributed by atoms with Crippen LogP contribution < -0.4 is 19.7 Å². The number of nitrogens with zero attached hydrogens (tertiary/aromatic N) is 1. The minimum absolute atomic E-state index is 0.0541. The van der Waals surface area contributed by atoms with E-state index in [1.54, 1.807) is 30.1 Å². The van der Waals surface area contributed by atoms with Crippen molar-refractivity contribution in [2.45, 2.75) is 32.4 Å². The number of benzene rings is 2. The molecule has 0 aliphatic carbocycles. The SMILES string of the molecule is CN(C(=S)Oc1ccc(C(C)(C)C)cc1)c1cccc(OCCNCC(F)(F)F)c1. The molecule has 0 fully saturated rings. The standard InChI is InChI=1S/C22H27F3N2O2S/c1-21(2,3)16-8-10-18(11-9-16)29-20(30)27(4)17-6-5-7-19(14-17)28-13-12-26-15-22(23,24)25/h5-11,14,26H,12-13,15H2,1-4H3. The van der Waals surface area contributed by atoms with Crippen LogP contribution in [0.2, 0.25) is 0 Å². The average molecular weight is 441 g/mol. The van der Waals surface area contributed by atoms with E-state index in [9.17, 15) is 13.2 Å². The number of thiocarbonyl (C=S) groups is 1. The maximum absolute atomic E-state index is 12.1. The molecule has 0 radical (unpaired) electrons. The van der Waals surface area contributed by atoms with E-state index < -0.39 is 12.7 Å². The van der Waals surface area contributed by atoms with Gasteiger partial charge in [0.15, 0.2) is 0 Å². The maximum atomic E-state index is 12.1. The number of alkyl halides is 3. The van der Waals surface area contributed by atoms with Crippen LogP contribution in [0.25, 0.3) is 0 Å². The molecule has 0 bridgehead atoms. The van der Waals surface area contributed by atoms with Gasteiger partial charge in [0.2, 0.25) is 0 Å². The molecular weight excluding hydrogens is 413 g/mol. The Morgan fingerprint density at radius 3 is 2.30 bits per heavy atom. The van der Waals surface area contributed by atoms with Crippen LogP contribution in [0.15, 0.2) is 48.5 Å². The number of rotatable bonds is 7. The van der Waals surface area contributed by atoms with Gasteiger partial charge in [0, 0.05) is 25.3 Å². The van der Waals surface area contributed by atoms with Crippen molar-refractivity contribution in [3.05, 3.63) is 54.1 Å². The first kappa shape index (κ1) is 24.0. The Morgan fingerprint density at radius 2 is 1.70 bits per heavy atom. The van der Waals surface area contributed by atoms with E-state index in [1.165, 1.54) is 5.56 Å². The largest absolute Gasteiger partial charge is 0.492 e. The summed E-state index contributed by atoms with van der Waals surface area (Å²) in [4.78, 5) is 1.70. The van der Waals surface area contributed by atoms with Crippen molar-refractivity contribution >= 4 is 23.1 Å². The Hall–Kier alpha value is -2.32. The molecule has 0 saturated carbocycles. The van der Waals surface area contributed by atoms with Gasteiger partial charge in [0.05, 0.1) is 6.54 Å². The predicted molar refractivity (Wildman–Crippen MR) is 118 cm³/mol. The Kier molecular flexibility index (Phi) is 8.09. The maximum Gasteiger partial charge on any atom is 0.401 e. The molecule has 0 amide bonds. The summed E-state index contributed by atoms with van der Waals surface area (Å²) in [6.07, 6.45) is -4.23. The highest BCUT2D eigenvalue weighted by Gasteiger charge is 2.25. The molecule has 0 unspecified atom stereocenters. The minimum Gasteiger partial charge on any atom is -0.492 e. The van der Waals surface area contributed by atoms with E-state index in [2.05, 4.69) is 26.1 Å². The third-order valence-electron chi connectivity index (χ3n) is 4.28. The summed E-state index contributed by atoms with van der Waals surface area (Å²) < 4.78 is 47.7. The van der Waals surface area contributed by atoms with Gasteiger partial charge in [-0.25, -0.2) is 0 Å². The topological polar surface area (TPSA) is 33.7 Å². The van der Waals surface area contributed by atoms with Crippen molar-refractivity contribution in [2.75, 3.05) is 31.6 Å². The van der Waals surface area contributed by atoms with Gasteiger partial charge >= 0.3 is 6.18 Å². The van der Waals surface area contributed by atoms with Gasteiger partial charge in [-0.1, -0.05) is 39.0 Å². The monoisotopic (exact) mass is 440 g/mol. The summed E-state index contributed by atoms with van der Waals surface area (Å²) in [6.45, 7) is 5.59. The molecule has 0 aromatic heterocycles. The van der Waals surface area contributed by atoms with Crippen LogP contribution in [0.3, 0.4) is 0 Å². The second kappa shape index (κ2) is 10.1. The van der Waals surface area contributed by atoms with Crippen LogP contribution >= 0.6 is 12.2 Å². The summed E-state index contributed by atoms with van der Waals surface area (Å²) >= 11 is 5.39. The summed E-state index contributed by atoms with van der Waals surface area (Å²) in [5.41, 5.74) is 1.99. The molecule has 0 spiro atoms. The van der Waals surface area contributed by atoms with E-state index in [-0.39, 0.29) is 23.7 Å². The lowest BCUT2D eigenvalue weighted by Gasteiger charge is -2.22.